The number of alkyl carbamates (subject to hydrolysis) is 1. The smallest absolute Gasteiger partial charge is 0.407 e. The van der Waals surface area contributed by atoms with Crippen LogP contribution in [-0.4, -0.2) is 79.0 Å². The van der Waals surface area contributed by atoms with Crippen LogP contribution >= 0.6 is 0 Å². The Morgan fingerprint density at radius 1 is 0.762 bits per heavy atom. The lowest BCUT2D eigenvalue weighted by Gasteiger charge is -2.23. The van der Waals surface area contributed by atoms with Crippen molar-refractivity contribution in [3.05, 3.63) is 59.7 Å². The van der Waals surface area contributed by atoms with E-state index in [0.29, 0.717) is 12.1 Å². The fourth-order valence-electron chi connectivity index (χ4n) is 3.88. The maximum atomic E-state index is 13.4. The van der Waals surface area contributed by atoms with Crippen LogP contribution in [0, 0.1) is 0 Å². The molecule has 2 atom stereocenters. The van der Waals surface area contributed by atoms with Gasteiger partial charge in [-0.1, -0.05) is 56.2 Å². The highest BCUT2D eigenvalue weighted by Crippen LogP contribution is 2.29. The van der Waals surface area contributed by atoms with Crippen molar-refractivity contribution in [3.63, 3.8) is 0 Å². The zero-order valence-electron chi connectivity index (χ0n) is 23.6. The summed E-state index contributed by atoms with van der Waals surface area (Å²) in [4.78, 5) is 60.6. The lowest BCUT2D eigenvalue weighted by Crippen LogP contribution is -2.55. The summed E-state index contributed by atoms with van der Waals surface area (Å²) in [5.41, 5.74) is 1.24. The largest absolute Gasteiger partial charge is 0.479 e. The Hall–Kier alpha value is -4.81. The molecule has 0 aliphatic rings. The normalized spacial score (nSPS) is 11.9. The van der Waals surface area contributed by atoms with E-state index in [1.807, 2.05) is 13.0 Å². The molecule has 0 aliphatic heterocycles. The van der Waals surface area contributed by atoms with Gasteiger partial charge in [0, 0.05) is 19.4 Å². The molecule has 0 heterocycles. The number of hydrogen-bond acceptors (Lipinski definition) is 8. The van der Waals surface area contributed by atoms with Crippen molar-refractivity contribution >= 4 is 29.8 Å². The Bertz CT molecular complexity index is 1210. The predicted molar refractivity (Wildman–Crippen MR) is 150 cm³/mol. The zero-order valence-corrected chi connectivity index (χ0v) is 23.6. The minimum atomic E-state index is -1.26. The molecule has 2 aromatic carbocycles. The van der Waals surface area contributed by atoms with Gasteiger partial charge in [0.15, 0.2) is 24.7 Å². The van der Waals surface area contributed by atoms with Gasteiger partial charge >= 0.3 is 18.0 Å². The summed E-state index contributed by atoms with van der Waals surface area (Å²) < 4.78 is 15.2. The number of ether oxygens (including phenoxy) is 3. The number of carboxylic acid groups (broad SMARTS) is 2. The van der Waals surface area contributed by atoms with E-state index in [1.165, 1.54) is 19.2 Å². The van der Waals surface area contributed by atoms with Gasteiger partial charge in [-0.15, -0.1) is 0 Å². The second-order valence-electron chi connectivity index (χ2n) is 9.29. The second-order valence-corrected chi connectivity index (χ2v) is 9.29. The molecular formula is C29H37N3O10. The Morgan fingerprint density at radius 3 is 2.00 bits per heavy atom. The summed E-state index contributed by atoms with van der Waals surface area (Å²) in [5, 5.41) is 26.0. The molecule has 2 rings (SSSR count). The first-order valence-electron chi connectivity index (χ1n) is 13.4. The van der Waals surface area contributed by atoms with Gasteiger partial charge in [0.1, 0.15) is 12.1 Å². The summed E-state index contributed by atoms with van der Waals surface area (Å²) in [6, 6.07) is 11.2. The lowest BCUT2D eigenvalue weighted by molar-refractivity contribution is -0.140. The molecule has 42 heavy (non-hydrogen) atoms. The average Bonchev–Trinajstić information content (AvgIpc) is 2.97. The molecule has 0 spiro atoms. The fraction of sp³-hybridized carbons (Fsp3) is 0.414. The lowest BCUT2D eigenvalue weighted by atomic mass is 10.0. The minimum absolute atomic E-state index is 0.00259. The Kier molecular flexibility index (Phi) is 14.1. The van der Waals surface area contributed by atoms with Crippen molar-refractivity contribution in [2.45, 2.75) is 51.1 Å². The average molecular weight is 588 g/mol. The highest BCUT2D eigenvalue weighted by molar-refractivity contribution is 5.91. The van der Waals surface area contributed by atoms with Gasteiger partial charge in [-0.25, -0.2) is 14.4 Å². The molecule has 228 valence electrons. The summed E-state index contributed by atoms with van der Waals surface area (Å²) in [7, 11) is 1.17. The maximum absolute atomic E-state index is 13.4. The van der Waals surface area contributed by atoms with Gasteiger partial charge in [0.25, 0.3) is 0 Å². The number of carbonyl (C=O) groups excluding carboxylic acids is 3. The van der Waals surface area contributed by atoms with Crippen LogP contribution in [0.4, 0.5) is 4.79 Å². The number of unbranched alkanes of at least 4 members (excludes halogenated alkanes) is 2. The van der Waals surface area contributed by atoms with Crippen LogP contribution in [0.25, 0.3) is 0 Å². The maximum Gasteiger partial charge on any atom is 0.407 e. The molecule has 0 aliphatic carbocycles. The van der Waals surface area contributed by atoms with Crippen LogP contribution in [0.2, 0.25) is 0 Å². The van der Waals surface area contributed by atoms with E-state index >= 15 is 0 Å². The zero-order chi connectivity index (χ0) is 30.9. The van der Waals surface area contributed by atoms with Gasteiger partial charge < -0.3 is 40.4 Å². The summed E-state index contributed by atoms with van der Waals surface area (Å²) in [6.07, 6.45) is 1.88. The first-order valence-corrected chi connectivity index (χ1v) is 13.4. The number of hydrogen-bond donors (Lipinski definition) is 5. The Labute approximate surface area is 243 Å². The third-order valence-electron chi connectivity index (χ3n) is 5.94. The van der Waals surface area contributed by atoms with E-state index in [-0.39, 0.29) is 24.3 Å². The number of methoxy groups -OCH3 is 1. The first-order chi connectivity index (χ1) is 20.1. The highest BCUT2D eigenvalue weighted by Gasteiger charge is 2.28. The van der Waals surface area contributed by atoms with Crippen molar-refractivity contribution in [2.75, 3.05) is 26.9 Å². The third-order valence-corrected chi connectivity index (χ3v) is 5.94. The minimum Gasteiger partial charge on any atom is -0.479 e. The van der Waals surface area contributed by atoms with Crippen LogP contribution in [0.3, 0.4) is 0 Å². The molecule has 0 saturated heterocycles. The van der Waals surface area contributed by atoms with Crippen molar-refractivity contribution < 1.29 is 48.4 Å². The molecule has 2 aromatic rings. The topological polar surface area (TPSA) is 190 Å². The molecule has 0 aromatic heterocycles. The third kappa shape index (κ3) is 12.1. The number of amides is 3. The summed E-state index contributed by atoms with van der Waals surface area (Å²) >= 11 is 0. The number of benzene rings is 2. The summed E-state index contributed by atoms with van der Waals surface area (Å²) in [5.74, 6) is -3.63. The molecular weight excluding hydrogens is 550 g/mol. The van der Waals surface area contributed by atoms with Gasteiger partial charge in [-0.05, 0) is 29.7 Å². The van der Waals surface area contributed by atoms with Crippen LogP contribution in [0.5, 0.6) is 11.5 Å². The van der Waals surface area contributed by atoms with E-state index in [0.717, 1.165) is 24.8 Å². The van der Waals surface area contributed by atoms with Gasteiger partial charge in [-0.2, -0.15) is 0 Å². The number of carboxylic acids is 2. The fourth-order valence-corrected chi connectivity index (χ4v) is 3.88. The van der Waals surface area contributed by atoms with E-state index in [9.17, 15) is 24.0 Å². The molecule has 0 radical (unpaired) electrons. The van der Waals surface area contributed by atoms with Gasteiger partial charge in [0.05, 0.1) is 7.11 Å². The quantitative estimate of drug-likeness (QED) is 0.161. The van der Waals surface area contributed by atoms with Crippen molar-refractivity contribution in [3.8, 4) is 11.5 Å². The van der Waals surface area contributed by atoms with E-state index in [1.54, 1.807) is 30.3 Å². The molecule has 5 N–H and O–H groups in total. The highest BCUT2D eigenvalue weighted by atomic mass is 16.5. The standard InChI is InChI=1S/C29H37N3O10/c1-3-4-8-13-30-27(37)21(31-28(38)22(32-29(39)40-2)14-19-9-6-5-7-10-19)15-20-11-12-23(41-17-25(33)34)24(16-20)42-18-26(35)36/h5-7,9-12,16,21-22H,3-4,8,13-15,17-18H2,1-2H3,(H,30,37)(H,31,38)(H,32,39)(H,33,34)(H,35,36). The van der Waals surface area contributed by atoms with Crippen molar-refractivity contribution in [1.29, 1.82) is 0 Å². The number of aliphatic carboxylic acids is 2. The molecule has 0 saturated carbocycles. The Morgan fingerprint density at radius 2 is 1.38 bits per heavy atom. The number of carbonyl (C=O) groups is 5. The van der Waals surface area contributed by atoms with Crippen molar-refractivity contribution in [2.24, 2.45) is 0 Å². The molecule has 13 heteroatoms. The van der Waals surface area contributed by atoms with Crippen LogP contribution in [-0.2, 0) is 36.8 Å². The van der Waals surface area contributed by atoms with Gasteiger partial charge in [0.2, 0.25) is 11.8 Å². The SMILES string of the molecule is CCCCCNC(=O)C(Cc1ccc(OCC(=O)O)c(OCC(=O)O)c1)NC(=O)C(Cc1ccccc1)NC(=O)OC. The summed E-state index contributed by atoms with van der Waals surface area (Å²) in [6.45, 7) is 1.02. The monoisotopic (exact) mass is 587 g/mol. The van der Waals surface area contributed by atoms with Crippen LogP contribution < -0.4 is 25.4 Å². The van der Waals surface area contributed by atoms with Crippen LogP contribution in [0.1, 0.15) is 37.3 Å². The number of nitrogens with one attached hydrogen (secondary N) is 3. The van der Waals surface area contributed by atoms with Gasteiger partial charge in [-0.3, -0.25) is 9.59 Å². The molecule has 13 nitrogen and oxygen atoms in total. The van der Waals surface area contributed by atoms with E-state index in [4.69, 9.17) is 19.7 Å². The van der Waals surface area contributed by atoms with E-state index in [2.05, 4.69) is 20.7 Å². The number of rotatable bonds is 18. The predicted octanol–water partition coefficient (Wildman–Crippen LogP) is 1.91. The molecule has 3 amide bonds. The van der Waals surface area contributed by atoms with Crippen LogP contribution in [0.15, 0.2) is 48.5 Å². The van der Waals surface area contributed by atoms with E-state index < -0.39 is 55.1 Å². The molecule has 0 bridgehead atoms. The molecule has 2 unspecified atom stereocenters. The molecule has 0 fully saturated rings. The first kappa shape index (κ1) is 33.4. The Balaban J connectivity index is 2.32. The van der Waals surface area contributed by atoms with Crippen molar-refractivity contribution in [1.82, 2.24) is 16.0 Å². The second kappa shape index (κ2) is 17.8.